The maximum atomic E-state index is 2.26. The summed E-state index contributed by atoms with van der Waals surface area (Å²) in [6, 6.07) is 6.61. The van der Waals surface area contributed by atoms with Crippen LogP contribution in [0.15, 0.2) is 24.3 Å². The molecule has 1 rings (SSSR count). The standard InChI is InChI=1S/C12H16/c1-4-6-11-8-7-10(3)12(5-2)9-11/h4,6-9H,5H2,1-3H3/b6-4+. The van der Waals surface area contributed by atoms with Gasteiger partial charge in [0.05, 0.1) is 0 Å². The molecule has 0 spiro atoms. The second kappa shape index (κ2) is 4.10. The maximum absolute atomic E-state index is 2.26. The highest BCUT2D eigenvalue weighted by Crippen LogP contribution is 2.12. The van der Waals surface area contributed by atoms with Crippen molar-refractivity contribution in [2.45, 2.75) is 27.2 Å². The second-order valence-corrected chi connectivity index (χ2v) is 3.04. The Morgan fingerprint density at radius 3 is 2.67 bits per heavy atom. The molecule has 0 unspecified atom stereocenters. The van der Waals surface area contributed by atoms with Gasteiger partial charge in [-0.1, -0.05) is 37.3 Å². The molecule has 0 heteroatoms. The molecule has 1 aromatic rings. The van der Waals surface area contributed by atoms with Crippen molar-refractivity contribution in [1.82, 2.24) is 0 Å². The lowest BCUT2D eigenvalue weighted by atomic mass is 10.0. The third kappa shape index (κ3) is 1.97. The summed E-state index contributed by atoms with van der Waals surface area (Å²) in [6.45, 7) is 6.41. The lowest BCUT2D eigenvalue weighted by molar-refractivity contribution is 1.11. The Balaban J connectivity index is 3.05. The molecule has 12 heavy (non-hydrogen) atoms. The number of allylic oxidation sites excluding steroid dienone is 1. The van der Waals surface area contributed by atoms with Gasteiger partial charge in [0, 0.05) is 0 Å². The van der Waals surface area contributed by atoms with Crippen LogP contribution in [0.1, 0.15) is 30.5 Å². The van der Waals surface area contributed by atoms with E-state index in [1.54, 1.807) is 0 Å². The van der Waals surface area contributed by atoms with Gasteiger partial charge in [0.2, 0.25) is 0 Å². The van der Waals surface area contributed by atoms with E-state index in [0.29, 0.717) is 0 Å². The summed E-state index contributed by atoms with van der Waals surface area (Å²) in [4.78, 5) is 0. The molecular formula is C12H16. The molecule has 1 aromatic carbocycles. The van der Waals surface area contributed by atoms with Crippen molar-refractivity contribution in [3.05, 3.63) is 41.0 Å². The van der Waals surface area contributed by atoms with Crippen molar-refractivity contribution in [3.8, 4) is 0 Å². The van der Waals surface area contributed by atoms with Gasteiger partial charge in [-0.2, -0.15) is 0 Å². The third-order valence-electron chi connectivity index (χ3n) is 2.11. The number of aryl methyl sites for hydroxylation is 2. The van der Waals surface area contributed by atoms with E-state index in [4.69, 9.17) is 0 Å². The summed E-state index contributed by atoms with van der Waals surface area (Å²) in [5.74, 6) is 0. The number of benzene rings is 1. The molecule has 0 saturated carbocycles. The Hall–Kier alpha value is -1.04. The highest BCUT2D eigenvalue weighted by Gasteiger charge is 1.95. The van der Waals surface area contributed by atoms with E-state index in [1.807, 2.05) is 6.92 Å². The third-order valence-corrected chi connectivity index (χ3v) is 2.11. The first-order valence-corrected chi connectivity index (χ1v) is 4.50. The van der Waals surface area contributed by atoms with E-state index in [0.717, 1.165) is 6.42 Å². The fourth-order valence-electron chi connectivity index (χ4n) is 1.37. The van der Waals surface area contributed by atoms with Gasteiger partial charge >= 0.3 is 0 Å². The zero-order valence-corrected chi connectivity index (χ0v) is 8.09. The summed E-state index contributed by atoms with van der Waals surface area (Å²) in [5, 5.41) is 0. The van der Waals surface area contributed by atoms with Crippen LogP contribution in [0.2, 0.25) is 0 Å². The van der Waals surface area contributed by atoms with E-state index in [-0.39, 0.29) is 0 Å². The predicted molar refractivity (Wildman–Crippen MR) is 55.3 cm³/mol. The normalized spacial score (nSPS) is 10.9. The second-order valence-electron chi connectivity index (χ2n) is 3.04. The Bertz CT molecular complexity index is 282. The van der Waals surface area contributed by atoms with Gasteiger partial charge in [-0.3, -0.25) is 0 Å². The first kappa shape index (κ1) is 9.05. The Morgan fingerprint density at radius 1 is 1.33 bits per heavy atom. The van der Waals surface area contributed by atoms with E-state index >= 15 is 0 Å². The molecule has 0 radical (unpaired) electrons. The van der Waals surface area contributed by atoms with Crippen LogP contribution in [0.25, 0.3) is 6.08 Å². The van der Waals surface area contributed by atoms with Crippen LogP contribution in [-0.4, -0.2) is 0 Å². The molecule has 0 heterocycles. The number of hydrogen-bond acceptors (Lipinski definition) is 0. The van der Waals surface area contributed by atoms with Crippen LogP contribution >= 0.6 is 0 Å². The van der Waals surface area contributed by atoms with Crippen LogP contribution in [0.5, 0.6) is 0 Å². The molecule has 0 aliphatic carbocycles. The van der Waals surface area contributed by atoms with Gasteiger partial charge in [0.25, 0.3) is 0 Å². The molecule has 0 aliphatic rings. The highest BCUT2D eigenvalue weighted by atomic mass is 14.0. The van der Waals surface area contributed by atoms with Gasteiger partial charge in [0.15, 0.2) is 0 Å². The van der Waals surface area contributed by atoms with Crippen molar-refractivity contribution < 1.29 is 0 Å². The van der Waals surface area contributed by atoms with Crippen molar-refractivity contribution in [2.75, 3.05) is 0 Å². The molecule has 0 fully saturated rings. The van der Waals surface area contributed by atoms with E-state index in [9.17, 15) is 0 Å². The molecule has 0 amide bonds. The van der Waals surface area contributed by atoms with Gasteiger partial charge in [-0.15, -0.1) is 0 Å². The molecule has 0 atom stereocenters. The Labute approximate surface area is 74.9 Å². The van der Waals surface area contributed by atoms with Crippen molar-refractivity contribution in [1.29, 1.82) is 0 Å². The minimum Gasteiger partial charge on any atom is -0.0871 e. The highest BCUT2D eigenvalue weighted by molar-refractivity contribution is 5.51. The summed E-state index contributed by atoms with van der Waals surface area (Å²) in [6.07, 6.45) is 5.33. The molecule has 0 saturated heterocycles. The Kier molecular flexibility index (Phi) is 3.09. The van der Waals surface area contributed by atoms with E-state index in [2.05, 4.69) is 44.2 Å². The fraction of sp³-hybridized carbons (Fsp3) is 0.333. The van der Waals surface area contributed by atoms with Crippen molar-refractivity contribution >= 4 is 6.08 Å². The predicted octanol–water partition coefficient (Wildman–Crippen LogP) is 3.59. The topological polar surface area (TPSA) is 0 Å². The minimum atomic E-state index is 1.12. The lowest BCUT2D eigenvalue weighted by Gasteiger charge is -2.03. The van der Waals surface area contributed by atoms with E-state index in [1.165, 1.54) is 16.7 Å². The summed E-state index contributed by atoms with van der Waals surface area (Å²) in [7, 11) is 0. The largest absolute Gasteiger partial charge is 0.0871 e. The van der Waals surface area contributed by atoms with Crippen LogP contribution in [0, 0.1) is 6.92 Å². The summed E-state index contributed by atoms with van der Waals surface area (Å²) in [5.41, 5.74) is 4.15. The first-order valence-electron chi connectivity index (χ1n) is 4.50. The molecule has 0 N–H and O–H groups in total. The zero-order valence-electron chi connectivity index (χ0n) is 8.09. The number of rotatable bonds is 2. The summed E-state index contributed by atoms with van der Waals surface area (Å²) < 4.78 is 0. The van der Waals surface area contributed by atoms with Crippen LogP contribution in [-0.2, 0) is 6.42 Å². The quantitative estimate of drug-likeness (QED) is 0.620. The average molecular weight is 160 g/mol. The monoisotopic (exact) mass is 160 g/mol. The van der Waals surface area contributed by atoms with Crippen LogP contribution < -0.4 is 0 Å². The maximum Gasteiger partial charge on any atom is -0.0257 e. The van der Waals surface area contributed by atoms with Crippen LogP contribution in [0.4, 0.5) is 0 Å². The van der Waals surface area contributed by atoms with Gasteiger partial charge < -0.3 is 0 Å². The van der Waals surface area contributed by atoms with Crippen molar-refractivity contribution in [2.24, 2.45) is 0 Å². The van der Waals surface area contributed by atoms with Gasteiger partial charge in [-0.25, -0.2) is 0 Å². The SMILES string of the molecule is C/C=C/c1ccc(C)c(CC)c1. The van der Waals surface area contributed by atoms with Gasteiger partial charge in [-0.05, 0) is 37.0 Å². The minimum absolute atomic E-state index is 1.12. The van der Waals surface area contributed by atoms with Gasteiger partial charge in [0.1, 0.15) is 0 Å². The smallest absolute Gasteiger partial charge is 0.0257 e. The van der Waals surface area contributed by atoms with Crippen molar-refractivity contribution in [3.63, 3.8) is 0 Å². The number of hydrogen-bond donors (Lipinski definition) is 0. The molecule has 0 nitrogen and oxygen atoms in total. The zero-order chi connectivity index (χ0) is 8.97. The average Bonchev–Trinajstić information content (AvgIpc) is 2.09. The first-order chi connectivity index (χ1) is 5.77. The van der Waals surface area contributed by atoms with Crippen LogP contribution in [0.3, 0.4) is 0 Å². The molecule has 0 aromatic heterocycles. The molecule has 0 aliphatic heterocycles. The fourth-order valence-corrected chi connectivity index (χ4v) is 1.37. The lowest BCUT2D eigenvalue weighted by Crippen LogP contribution is -1.86. The van der Waals surface area contributed by atoms with E-state index < -0.39 is 0 Å². The Morgan fingerprint density at radius 2 is 2.08 bits per heavy atom. The summed E-state index contributed by atoms with van der Waals surface area (Å²) >= 11 is 0. The molecule has 64 valence electrons. The molecular weight excluding hydrogens is 144 g/mol. The molecule has 0 bridgehead atoms.